The predicted molar refractivity (Wildman–Crippen MR) is 136 cm³/mol. The summed E-state index contributed by atoms with van der Waals surface area (Å²) in [6.45, 7) is 3.64. The second kappa shape index (κ2) is 9.07. The summed E-state index contributed by atoms with van der Waals surface area (Å²) >= 11 is 3.40. The molecule has 4 heterocycles. The van der Waals surface area contributed by atoms with E-state index in [9.17, 15) is 18.3 Å². The molecule has 10 nitrogen and oxygen atoms in total. The van der Waals surface area contributed by atoms with Crippen molar-refractivity contribution in [2.45, 2.75) is 38.3 Å². The van der Waals surface area contributed by atoms with Gasteiger partial charge in [-0.1, -0.05) is 15.9 Å². The van der Waals surface area contributed by atoms with Crippen LogP contribution in [0.1, 0.15) is 46.9 Å². The van der Waals surface area contributed by atoms with E-state index in [2.05, 4.69) is 20.7 Å². The largest absolute Gasteiger partial charge is 0.389 e. The molecule has 1 amide bonds. The van der Waals surface area contributed by atoms with Crippen molar-refractivity contribution in [2.24, 2.45) is 0 Å². The molecule has 5 rings (SSSR count). The van der Waals surface area contributed by atoms with Crippen LogP contribution in [0.15, 0.2) is 34.9 Å². The molecule has 2 fully saturated rings. The van der Waals surface area contributed by atoms with Crippen molar-refractivity contribution in [1.82, 2.24) is 19.5 Å². The Labute approximate surface area is 212 Å². The smallest absolute Gasteiger partial charge is 0.256 e. The number of hydrogen-bond donors (Lipinski definition) is 2. The van der Waals surface area contributed by atoms with Crippen LogP contribution in [-0.2, 0) is 10.0 Å². The molecule has 0 radical (unpaired) electrons. The van der Waals surface area contributed by atoms with Crippen molar-refractivity contribution in [1.29, 1.82) is 0 Å². The number of aliphatic hydroxyl groups excluding tert-OH is 1. The summed E-state index contributed by atoms with van der Waals surface area (Å²) in [4.78, 5) is 22.3. The molecule has 0 bridgehead atoms. The molecule has 0 unspecified atom stereocenters. The minimum absolute atomic E-state index is 0.249. The van der Waals surface area contributed by atoms with Crippen LogP contribution < -0.4 is 9.62 Å². The lowest BCUT2D eigenvalue weighted by atomic mass is 9.98. The number of hydrogen-bond acceptors (Lipinski definition) is 7. The molecule has 12 heteroatoms. The van der Waals surface area contributed by atoms with Gasteiger partial charge in [-0.25, -0.2) is 17.9 Å². The van der Waals surface area contributed by atoms with Crippen LogP contribution in [-0.4, -0.2) is 70.9 Å². The fourth-order valence-corrected chi connectivity index (χ4v) is 5.69. The van der Waals surface area contributed by atoms with Gasteiger partial charge in [0.15, 0.2) is 5.65 Å². The van der Waals surface area contributed by atoms with Gasteiger partial charge in [0.1, 0.15) is 5.82 Å². The van der Waals surface area contributed by atoms with E-state index >= 15 is 0 Å². The Hall–Kier alpha value is -2.70. The Morgan fingerprint density at radius 3 is 2.71 bits per heavy atom. The Morgan fingerprint density at radius 1 is 1.23 bits per heavy atom. The molecule has 1 aromatic carbocycles. The molecule has 3 aromatic rings. The SMILES string of the molecule is Cc1cn2nc([C@@H]3CCCCN3C(=O)c3cc(Br)ccc3NS(C)(=O)=O)cc2nc1N1CC(O)C1. The number of aromatic nitrogens is 3. The summed E-state index contributed by atoms with van der Waals surface area (Å²) in [5.74, 6) is 0.579. The Balaban J connectivity index is 1.49. The maximum absolute atomic E-state index is 13.7. The first kappa shape index (κ1) is 24.0. The second-order valence-electron chi connectivity index (χ2n) is 9.25. The average molecular weight is 563 g/mol. The molecule has 2 saturated heterocycles. The van der Waals surface area contributed by atoms with Gasteiger partial charge in [0.2, 0.25) is 10.0 Å². The zero-order valence-corrected chi connectivity index (χ0v) is 21.9. The van der Waals surface area contributed by atoms with Crippen LogP contribution in [0.5, 0.6) is 0 Å². The number of piperidine rings is 1. The first-order valence-electron chi connectivity index (χ1n) is 11.5. The molecule has 1 atom stereocenters. The number of nitrogens with one attached hydrogen (secondary N) is 1. The number of aliphatic hydroxyl groups is 1. The highest BCUT2D eigenvalue weighted by atomic mass is 79.9. The van der Waals surface area contributed by atoms with Crippen LogP contribution in [0.2, 0.25) is 0 Å². The van der Waals surface area contributed by atoms with E-state index in [4.69, 9.17) is 10.1 Å². The van der Waals surface area contributed by atoms with Gasteiger partial charge in [-0.15, -0.1) is 0 Å². The van der Waals surface area contributed by atoms with Crippen molar-refractivity contribution in [3.05, 3.63) is 51.8 Å². The number of rotatable bonds is 5. The fourth-order valence-electron chi connectivity index (χ4n) is 4.75. The summed E-state index contributed by atoms with van der Waals surface area (Å²) in [6, 6.07) is 6.58. The molecule has 2 aliphatic rings. The van der Waals surface area contributed by atoms with Crippen LogP contribution in [0.3, 0.4) is 0 Å². The molecule has 2 aromatic heterocycles. The van der Waals surface area contributed by atoms with Gasteiger partial charge < -0.3 is 14.9 Å². The van der Waals surface area contributed by atoms with Crippen LogP contribution in [0, 0.1) is 6.92 Å². The zero-order chi connectivity index (χ0) is 24.9. The molecular weight excluding hydrogens is 536 g/mol. The van der Waals surface area contributed by atoms with Crippen LogP contribution >= 0.6 is 15.9 Å². The van der Waals surface area contributed by atoms with Gasteiger partial charge in [-0.2, -0.15) is 5.10 Å². The molecule has 35 heavy (non-hydrogen) atoms. The van der Waals surface area contributed by atoms with Gasteiger partial charge in [0.25, 0.3) is 5.91 Å². The van der Waals surface area contributed by atoms with E-state index in [1.165, 1.54) is 0 Å². The molecular formula is C23H27BrN6O4S. The van der Waals surface area contributed by atoms with Gasteiger partial charge in [0, 0.05) is 41.9 Å². The topological polar surface area (TPSA) is 120 Å². The number of fused-ring (bicyclic) bond motifs is 1. The number of anilines is 2. The number of β-amino-alcohol motifs (C(OH)–C–C–N with tert-alkyl or cyclic N) is 1. The number of likely N-dealkylation sites (tertiary alicyclic amines) is 1. The molecule has 0 aliphatic carbocycles. The highest BCUT2D eigenvalue weighted by Gasteiger charge is 2.33. The molecule has 186 valence electrons. The number of sulfonamides is 1. The van der Waals surface area contributed by atoms with Crippen molar-refractivity contribution in [3.8, 4) is 0 Å². The summed E-state index contributed by atoms with van der Waals surface area (Å²) in [6.07, 6.45) is 5.23. The lowest BCUT2D eigenvalue weighted by Gasteiger charge is -2.37. The van der Waals surface area contributed by atoms with E-state index in [-0.39, 0.29) is 29.3 Å². The normalized spacial score (nSPS) is 19.1. The number of nitrogens with zero attached hydrogens (tertiary/aromatic N) is 5. The average Bonchev–Trinajstić information content (AvgIpc) is 3.19. The molecule has 0 saturated carbocycles. The van der Waals surface area contributed by atoms with E-state index in [1.54, 1.807) is 27.6 Å². The lowest BCUT2D eigenvalue weighted by molar-refractivity contribution is 0.0606. The molecule has 2 N–H and O–H groups in total. The Morgan fingerprint density at radius 2 is 2.00 bits per heavy atom. The van der Waals surface area contributed by atoms with Gasteiger partial charge >= 0.3 is 0 Å². The van der Waals surface area contributed by atoms with E-state index in [0.717, 1.165) is 42.6 Å². The third kappa shape index (κ3) is 4.87. The third-order valence-electron chi connectivity index (χ3n) is 6.40. The second-order valence-corrected chi connectivity index (χ2v) is 11.9. The summed E-state index contributed by atoms with van der Waals surface area (Å²) in [5.41, 5.74) is 2.92. The van der Waals surface area contributed by atoms with Crippen molar-refractivity contribution >= 4 is 49.0 Å². The number of aryl methyl sites for hydroxylation is 1. The standard InChI is InChI=1S/C23H27BrN6O4S/c1-14-11-30-21(25-22(14)28-12-16(31)13-28)10-19(26-30)20-5-3-4-8-29(20)23(32)17-9-15(24)6-7-18(17)27-35(2,33)34/h6-7,9-11,16,20,27,31H,3-5,8,12-13H2,1-2H3/t20-/m0/s1. The van der Waals surface area contributed by atoms with Gasteiger partial charge in [-0.3, -0.25) is 9.52 Å². The third-order valence-corrected chi connectivity index (χ3v) is 7.48. The maximum Gasteiger partial charge on any atom is 0.256 e. The minimum Gasteiger partial charge on any atom is -0.389 e. The van der Waals surface area contributed by atoms with Crippen LogP contribution in [0.4, 0.5) is 11.5 Å². The first-order chi connectivity index (χ1) is 16.6. The number of amides is 1. The Bertz CT molecular complexity index is 1400. The van der Waals surface area contributed by atoms with Crippen LogP contribution in [0.25, 0.3) is 5.65 Å². The highest BCUT2D eigenvalue weighted by Crippen LogP contribution is 2.34. The summed E-state index contributed by atoms with van der Waals surface area (Å²) < 4.78 is 28.6. The molecule has 2 aliphatic heterocycles. The number of halogens is 1. The Kier molecular flexibility index (Phi) is 6.22. The first-order valence-corrected chi connectivity index (χ1v) is 14.2. The quantitative estimate of drug-likeness (QED) is 0.490. The minimum atomic E-state index is -3.56. The van der Waals surface area contributed by atoms with Crippen molar-refractivity contribution < 1.29 is 18.3 Å². The monoisotopic (exact) mass is 562 g/mol. The maximum atomic E-state index is 13.7. The fraction of sp³-hybridized carbons (Fsp3) is 0.435. The van der Waals surface area contributed by atoms with Crippen molar-refractivity contribution in [2.75, 3.05) is 35.5 Å². The van der Waals surface area contributed by atoms with E-state index in [0.29, 0.717) is 29.8 Å². The van der Waals surface area contributed by atoms with Gasteiger partial charge in [0.05, 0.1) is 35.3 Å². The molecule has 0 spiro atoms. The summed E-state index contributed by atoms with van der Waals surface area (Å²) in [7, 11) is -3.56. The lowest BCUT2D eigenvalue weighted by Crippen LogP contribution is -2.51. The number of benzene rings is 1. The van der Waals surface area contributed by atoms with Crippen molar-refractivity contribution in [3.63, 3.8) is 0 Å². The highest BCUT2D eigenvalue weighted by molar-refractivity contribution is 9.10. The summed E-state index contributed by atoms with van der Waals surface area (Å²) in [5, 5.41) is 14.4. The van der Waals surface area contributed by atoms with E-state index in [1.807, 2.05) is 24.1 Å². The number of carbonyl (C=O) groups excluding carboxylic acids is 1. The number of carbonyl (C=O) groups is 1. The van der Waals surface area contributed by atoms with Gasteiger partial charge in [-0.05, 0) is 44.4 Å². The zero-order valence-electron chi connectivity index (χ0n) is 19.5. The van der Waals surface area contributed by atoms with E-state index < -0.39 is 10.0 Å². The predicted octanol–water partition coefficient (Wildman–Crippen LogP) is 2.72.